The molecule has 0 aliphatic rings. The maximum Gasteiger partial charge on any atom is 0.303 e. The van der Waals surface area contributed by atoms with Crippen LogP contribution >= 0.6 is 0 Å². The van der Waals surface area contributed by atoms with Gasteiger partial charge >= 0.3 is 5.97 Å². The van der Waals surface area contributed by atoms with Crippen LogP contribution in [0.2, 0.25) is 0 Å². The smallest absolute Gasteiger partial charge is 0.303 e. The van der Waals surface area contributed by atoms with Gasteiger partial charge in [-0.05, 0) is 6.42 Å². The number of carboxylic acids is 1. The first-order chi connectivity index (χ1) is 4.16. The predicted octanol–water partition coefficient (Wildman–Crippen LogP) is -0.388. The van der Waals surface area contributed by atoms with Crippen molar-refractivity contribution in [2.75, 3.05) is 0 Å². The molecule has 0 heterocycles. The summed E-state index contributed by atoms with van der Waals surface area (Å²) < 4.78 is 0. The standard InChI is InChI=1S/C5H7NO3/c6-4(3-7)1-2-5(8)9/h4,6H,1-2H2,(H,8,9). The molecular weight excluding hydrogens is 122 g/mol. The van der Waals surface area contributed by atoms with E-state index in [9.17, 15) is 9.59 Å². The van der Waals surface area contributed by atoms with E-state index >= 15 is 0 Å². The van der Waals surface area contributed by atoms with Gasteiger partial charge in [0, 0.05) is 6.42 Å². The Morgan fingerprint density at radius 2 is 2.33 bits per heavy atom. The fraction of sp³-hybridized carbons (Fsp3) is 0.600. The molecule has 0 bridgehead atoms. The molecule has 4 nitrogen and oxygen atoms in total. The molecule has 2 N–H and O–H groups in total. The molecule has 0 fully saturated rings. The Morgan fingerprint density at radius 3 is 2.67 bits per heavy atom. The zero-order valence-electron chi connectivity index (χ0n) is 4.76. The molecule has 0 spiro atoms. The highest BCUT2D eigenvalue weighted by Crippen LogP contribution is 1.91. The summed E-state index contributed by atoms with van der Waals surface area (Å²) >= 11 is 0. The van der Waals surface area contributed by atoms with E-state index in [1.165, 1.54) is 6.29 Å². The van der Waals surface area contributed by atoms with Crippen molar-refractivity contribution in [1.82, 2.24) is 5.73 Å². The second kappa shape index (κ2) is 4.03. The number of carboxylic acid groups (broad SMARTS) is 1. The lowest BCUT2D eigenvalue weighted by Gasteiger charge is -1.95. The Kier molecular flexibility index (Phi) is 3.62. The zero-order valence-corrected chi connectivity index (χ0v) is 4.76. The topological polar surface area (TPSA) is 78.2 Å². The van der Waals surface area contributed by atoms with Gasteiger partial charge in [-0.3, -0.25) is 9.59 Å². The highest BCUT2D eigenvalue weighted by atomic mass is 16.4. The fourth-order valence-electron chi connectivity index (χ4n) is 0.327. The molecule has 0 aliphatic carbocycles. The number of aliphatic carboxylic acids is 1. The lowest BCUT2D eigenvalue weighted by atomic mass is 10.2. The third-order valence-electron chi connectivity index (χ3n) is 0.789. The largest absolute Gasteiger partial charge is 0.481 e. The summed E-state index contributed by atoms with van der Waals surface area (Å²) in [6.45, 7) is 0. The average Bonchev–Trinajstić information content (AvgIpc) is 1.83. The molecule has 0 aromatic carbocycles. The molecule has 50 valence electrons. The van der Waals surface area contributed by atoms with Gasteiger partial charge in [-0.25, -0.2) is 5.73 Å². The number of hydrogen-bond acceptors (Lipinski definition) is 2. The lowest BCUT2D eigenvalue weighted by molar-refractivity contribution is -0.137. The summed E-state index contributed by atoms with van der Waals surface area (Å²) in [5.74, 6) is -0.984. The Morgan fingerprint density at radius 1 is 1.78 bits per heavy atom. The quantitative estimate of drug-likeness (QED) is 0.561. The molecule has 4 heteroatoms. The summed E-state index contributed by atoms with van der Waals surface area (Å²) in [5.41, 5.74) is 6.73. The average molecular weight is 129 g/mol. The van der Waals surface area contributed by atoms with Crippen LogP contribution in [0.4, 0.5) is 0 Å². The SMILES string of the molecule is [NH]C([C]=O)CCC(=O)O. The van der Waals surface area contributed by atoms with Crippen LogP contribution in [0, 0.1) is 0 Å². The summed E-state index contributed by atoms with van der Waals surface area (Å²) in [5, 5.41) is 8.04. The molecule has 0 rings (SSSR count). The number of nitrogens with one attached hydrogen (secondary N) is 1. The highest BCUT2D eigenvalue weighted by Gasteiger charge is 2.04. The van der Waals surface area contributed by atoms with E-state index in [2.05, 4.69) is 0 Å². The van der Waals surface area contributed by atoms with Crippen molar-refractivity contribution in [3.05, 3.63) is 0 Å². The fourth-order valence-corrected chi connectivity index (χ4v) is 0.327. The molecule has 0 saturated carbocycles. The van der Waals surface area contributed by atoms with Gasteiger partial charge in [0.1, 0.15) is 0 Å². The van der Waals surface area contributed by atoms with Gasteiger partial charge < -0.3 is 5.11 Å². The molecule has 0 aromatic heterocycles. The molecule has 1 unspecified atom stereocenters. The van der Waals surface area contributed by atoms with Gasteiger partial charge in [0.2, 0.25) is 6.29 Å². The first-order valence-electron chi connectivity index (χ1n) is 2.47. The first kappa shape index (κ1) is 8.10. The zero-order chi connectivity index (χ0) is 7.28. The van der Waals surface area contributed by atoms with E-state index in [0.717, 1.165) is 0 Å². The van der Waals surface area contributed by atoms with Crippen LogP contribution in [-0.4, -0.2) is 23.4 Å². The summed E-state index contributed by atoms with van der Waals surface area (Å²) in [6, 6.07) is -0.999. The molecule has 0 amide bonds. The van der Waals surface area contributed by atoms with Crippen LogP contribution in [-0.2, 0) is 9.59 Å². The Labute approximate surface area is 52.7 Å². The second-order valence-corrected chi connectivity index (χ2v) is 1.60. The Bertz CT molecular complexity index is 113. The monoisotopic (exact) mass is 129 g/mol. The molecule has 0 aromatic rings. The minimum atomic E-state index is -0.999. The minimum absolute atomic E-state index is 0.0544. The molecule has 2 radical (unpaired) electrons. The van der Waals surface area contributed by atoms with Crippen molar-refractivity contribution < 1.29 is 14.7 Å². The van der Waals surface area contributed by atoms with E-state index < -0.39 is 12.0 Å². The van der Waals surface area contributed by atoms with Crippen molar-refractivity contribution in [3.63, 3.8) is 0 Å². The van der Waals surface area contributed by atoms with Gasteiger partial charge in [-0.2, -0.15) is 0 Å². The van der Waals surface area contributed by atoms with Gasteiger partial charge in [0.05, 0.1) is 6.04 Å². The van der Waals surface area contributed by atoms with Crippen LogP contribution in [0.15, 0.2) is 0 Å². The first-order valence-corrected chi connectivity index (χ1v) is 2.47. The predicted molar refractivity (Wildman–Crippen MR) is 29.4 cm³/mol. The van der Waals surface area contributed by atoms with E-state index in [0.29, 0.717) is 0 Å². The van der Waals surface area contributed by atoms with Crippen molar-refractivity contribution in [2.45, 2.75) is 18.9 Å². The third-order valence-corrected chi connectivity index (χ3v) is 0.789. The van der Waals surface area contributed by atoms with Gasteiger partial charge in [0.15, 0.2) is 0 Å². The van der Waals surface area contributed by atoms with Crippen LogP contribution < -0.4 is 5.73 Å². The van der Waals surface area contributed by atoms with Gasteiger partial charge in [0.25, 0.3) is 0 Å². The molecular formula is C5H7NO3. The maximum absolute atomic E-state index is 9.81. The number of carbonyl (C=O) groups excluding carboxylic acids is 1. The Balaban J connectivity index is 3.26. The van der Waals surface area contributed by atoms with Gasteiger partial charge in [-0.15, -0.1) is 0 Å². The molecule has 9 heavy (non-hydrogen) atoms. The number of hydrogen-bond donors (Lipinski definition) is 1. The molecule has 1 atom stereocenters. The second-order valence-electron chi connectivity index (χ2n) is 1.60. The molecule has 0 saturated heterocycles. The van der Waals surface area contributed by atoms with E-state index in [1.54, 1.807) is 0 Å². The van der Waals surface area contributed by atoms with E-state index in [4.69, 9.17) is 10.8 Å². The van der Waals surface area contributed by atoms with Crippen molar-refractivity contribution >= 4 is 12.3 Å². The van der Waals surface area contributed by atoms with Crippen molar-refractivity contribution in [2.24, 2.45) is 0 Å². The summed E-state index contributed by atoms with van der Waals surface area (Å²) in [6.07, 6.45) is 1.29. The summed E-state index contributed by atoms with van der Waals surface area (Å²) in [7, 11) is 0. The normalized spacial score (nSPS) is 12.6. The molecule has 0 aliphatic heterocycles. The van der Waals surface area contributed by atoms with E-state index in [1.807, 2.05) is 0 Å². The van der Waals surface area contributed by atoms with Crippen molar-refractivity contribution in [3.8, 4) is 0 Å². The van der Waals surface area contributed by atoms with Crippen molar-refractivity contribution in [1.29, 1.82) is 0 Å². The van der Waals surface area contributed by atoms with Crippen LogP contribution in [0.5, 0.6) is 0 Å². The minimum Gasteiger partial charge on any atom is -0.481 e. The van der Waals surface area contributed by atoms with Crippen LogP contribution in [0.25, 0.3) is 0 Å². The van der Waals surface area contributed by atoms with Gasteiger partial charge in [-0.1, -0.05) is 0 Å². The maximum atomic E-state index is 9.81. The lowest BCUT2D eigenvalue weighted by Crippen LogP contribution is -2.12. The van der Waals surface area contributed by atoms with E-state index in [-0.39, 0.29) is 12.8 Å². The highest BCUT2D eigenvalue weighted by molar-refractivity contribution is 5.68. The van der Waals surface area contributed by atoms with Crippen LogP contribution in [0.1, 0.15) is 12.8 Å². The summed E-state index contributed by atoms with van der Waals surface area (Å²) in [4.78, 5) is 19.4. The third kappa shape index (κ3) is 4.96. The van der Waals surface area contributed by atoms with Crippen LogP contribution in [0.3, 0.4) is 0 Å². The number of carbonyl (C=O) groups is 1. The number of rotatable bonds is 4. The Hall–Kier alpha value is -0.900.